The molecule has 0 aromatic heterocycles. The molecule has 1 heterocycles. The van der Waals surface area contributed by atoms with E-state index in [9.17, 15) is 10.1 Å². The smallest absolute Gasteiger partial charge is 0.276 e. The van der Waals surface area contributed by atoms with Crippen molar-refractivity contribution in [3.05, 3.63) is 27.8 Å². The Morgan fingerprint density at radius 3 is 2.67 bits per heavy atom. The zero-order valence-corrected chi connectivity index (χ0v) is 16.4. The zero-order chi connectivity index (χ0) is 18.1. The molecule has 1 aliphatic heterocycles. The SMILES string of the molecule is CCP(=S)(OCC(C)C)Oc1ccc([N+](=O)[O-])c2c1OC(C)(C)C2. The molecule has 2 rings (SSSR count). The summed E-state index contributed by atoms with van der Waals surface area (Å²) in [5, 5.41) is 11.3. The summed E-state index contributed by atoms with van der Waals surface area (Å²) in [5.41, 5.74) is 0.0972. The lowest BCUT2D eigenvalue weighted by molar-refractivity contribution is -0.385. The molecule has 0 bridgehead atoms. The van der Waals surface area contributed by atoms with E-state index in [-0.39, 0.29) is 5.69 Å². The maximum Gasteiger partial charge on any atom is 0.276 e. The predicted octanol–water partition coefficient (Wildman–Crippen LogP) is 4.69. The maximum atomic E-state index is 11.3. The Balaban J connectivity index is 2.37. The van der Waals surface area contributed by atoms with Gasteiger partial charge in [-0.1, -0.05) is 20.8 Å². The first-order valence-corrected chi connectivity index (χ1v) is 10.8. The summed E-state index contributed by atoms with van der Waals surface area (Å²) in [4.78, 5) is 10.9. The Morgan fingerprint density at radius 1 is 1.46 bits per heavy atom. The van der Waals surface area contributed by atoms with Crippen LogP contribution in [0, 0.1) is 16.0 Å². The quantitative estimate of drug-likeness (QED) is 0.392. The molecule has 0 fully saturated rings. The van der Waals surface area contributed by atoms with Crippen molar-refractivity contribution >= 4 is 24.0 Å². The molecular weight excluding hydrogens is 349 g/mol. The molecule has 0 saturated carbocycles. The largest absolute Gasteiger partial charge is 0.483 e. The highest BCUT2D eigenvalue weighted by molar-refractivity contribution is 8.10. The Kier molecular flexibility index (Phi) is 5.57. The zero-order valence-electron chi connectivity index (χ0n) is 14.7. The van der Waals surface area contributed by atoms with Gasteiger partial charge in [-0.05, 0) is 37.6 Å². The van der Waals surface area contributed by atoms with Crippen LogP contribution in [0.2, 0.25) is 0 Å². The molecule has 1 unspecified atom stereocenters. The van der Waals surface area contributed by atoms with Crippen molar-refractivity contribution in [2.75, 3.05) is 12.8 Å². The van der Waals surface area contributed by atoms with E-state index in [1.54, 1.807) is 6.07 Å². The molecule has 0 radical (unpaired) electrons. The van der Waals surface area contributed by atoms with E-state index in [2.05, 4.69) is 0 Å². The van der Waals surface area contributed by atoms with Crippen molar-refractivity contribution in [3.8, 4) is 11.5 Å². The topological polar surface area (TPSA) is 70.8 Å². The lowest BCUT2D eigenvalue weighted by Crippen LogP contribution is -2.24. The Labute approximate surface area is 147 Å². The van der Waals surface area contributed by atoms with E-state index in [0.717, 1.165) is 0 Å². The van der Waals surface area contributed by atoms with E-state index < -0.39 is 17.0 Å². The summed E-state index contributed by atoms with van der Waals surface area (Å²) in [6.45, 7) is 7.82. The van der Waals surface area contributed by atoms with Crippen molar-refractivity contribution in [3.63, 3.8) is 0 Å². The second-order valence-corrected chi connectivity index (χ2v) is 10.9. The molecule has 1 aromatic carbocycles. The number of benzene rings is 1. The van der Waals surface area contributed by atoms with Crippen LogP contribution < -0.4 is 9.26 Å². The molecule has 6 nitrogen and oxygen atoms in total. The number of rotatable bonds is 7. The molecule has 134 valence electrons. The molecule has 0 aliphatic carbocycles. The average molecular weight is 373 g/mol. The number of ether oxygens (including phenoxy) is 1. The van der Waals surface area contributed by atoms with Gasteiger partial charge in [0.1, 0.15) is 5.60 Å². The Bertz CT molecular complexity index is 689. The van der Waals surface area contributed by atoms with Crippen LogP contribution in [0.4, 0.5) is 5.69 Å². The number of nitro benzene ring substituents is 1. The van der Waals surface area contributed by atoms with E-state index in [1.807, 2.05) is 34.6 Å². The van der Waals surface area contributed by atoms with Crippen LogP contribution in [0.15, 0.2) is 12.1 Å². The molecule has 1 atom stereocenters. The van der Waals surface area contributed by atoms with Gasteiger partial charge in [-0.3, -0.25) is 10.1 Å². The molecule has 8 heteroatoms. The van der Waals surface area contributed by atoms with Crippen LogP contribution in [0.1, 0.15) is 40.2 Å². The van der Waals surface area contributed by atoms with Gasteiger partial charge in [-0.25, -0.2) is 0 Å². The molecule has 1 aliphatic rings. The standard InChI is InChI=1S/C16H24NO5PS/c1-6-23(24,20-10-11(2)3)22-14-8-7-13(17(18)19)12-9-16(4,5)21-15(12)14/h7-8,11H,6,9-10H2,1-5H3. The summed E-state index contributed by atoms with van der Waals surface area (Å²) in [6, 6.07) is 3.02. The van der Waals surface area contributed by atoms with Crippen LogP contribution >= 0.6 is 6.49 Å². The third kappa shape index (κ3) is 4.26. The number of fused-ring (bicyclic) bond motifs is 1. The fourth-order valence-electron chi connectivity index (χ4n) is 2.45. The second-order valence-electron chi connectivity index (χ2n) is 6.89. The fourth-order valence-corrected chi connectivity index (χ4v) is 4.21. The van der Waals surface area contributed by atoms with Crippen molar-refractivity contribution in [1.29, 1.82) is 0 Å². The number of hydrogen-bond donors (Lipinski definition) is 0. The van der Waals surface area contributed by atoms with Gasteiger partial charge in [0.15, 0.2) is 11.5 Å². The number of nitrogens with zero attached hydrogens (tertiary/aromatic N) is 1. The molecule has 24 heavy (non-hydrogen) atoms. The monoisotopic (exact) mass is 373 g/mol. The molecule has 0 spiro atoms. The number of hydrogen-bond acceptors (Lipinski definition) is 6. The minimum absolute atomic E-state index is 0.0517. The van der Waals surface area contributed by atoms with Gasteiger partial charge in [0.2, 0.25) is 6.49 Å². The van der Waals surface area contributed by atoms with Crippen molar-refractivity contribution in [2.24, 2.45) is 5.92 Å². The van der Waals surface area contributed by atoms with Crippen molar-refractivity contribution in [2.45, 2.75) is 46.6 Å². The third-order valence-electron chi connectivity index (χ3n) is 3.61. The van der Waals surface area contributed by atoms with E-state index >= 15 is 0 Å². The van der Waals surface area contributed by atoms with Crippen molar-refractivity contribution < 1.29 is 18.7 Å². The summed E-state index contributed by atoms with van der Waals surface area (Å²) in [5.74, 6) is 1.21. The maximum absolute atomic E-state index is 11.3. The first-order valence-electron chi connectivity index (χ1n) is 7.99. The summed E-state index contributed by atoms with van der Waals surface area (Å²) < 4.78 is 17.8. The third-order valence-corrected chi connectivity index (χ3v) is 6.71. The molecular formula is C16H24NO5PS. The lowest BCUT2D eigenvalue weighted by Gasteiger charge is -2.24. The van der Waals surface area contributed by atoms with Crippen molar-refractivity contribution in [1.82, 2.24) is 0 Å². The molecule has 0 saturated heterocycles. The second kappa shape index (κ2) is 6.98. The number of nitro groups is 1. The first kappa shape index (κ1) is 19.2. The lowest BCUT2D eigenvalue weighted by atomic mass is 10.0. The van der Waals surface area contributed by atoms with Crippen LogP contribution in [-0.2, 0) is 22.8 Å². The first-order chi connectivity index (χ1) is 11.1. The molecule has 1 aromatic rings. The Morgan fingerprint density at radius 2 is 2.12 bits per heavy atom. The van der Waals surface area contributed by atoms with E-state index in [4.69, 9.17) is 25.6 Å². The predicted molar refractivity (Wildman–Crippen MR) is 97.8 cm³/mol. The average Bonchev–Trinajstić information content (AvgIpc) is 2.80. The highest BCUT2D eigenvalue weighted by Gasteiger charge is 2.38. The van der Waals surface area contributed by atoms with Gasteiger partial charge in [0.05, 0.1) is 17.1 Å². The van der Waals surface area contributed by atoms with Crippen LogP contribution in [-0.4, -0.2) is 23.3 Å². The van der Waals surface area contributed by atoms with Gasteiger partial charge in [0, 0.05) is 18.6 Å². The highest BCUT2D eigenvalue weighted by Crippen LogP contribution is 2.54. The van der Waals surface area contributed by atoms with Gasteiger partial charge >= 0.3 is 0 Å². The van der Waals surface area contributed by atoms with Gasteiger partial charge < -0.3 is 13.8 Å². The van der Waals surface area contributed by atoms with E-state index in [1.165, 1.54) is 6.07 Å². The highest BCUT2D eigenvalue weighted by atomic mass is 32.5. The summed E-state index contributed by atoms with van der Waals surface area (Å²) in [6.07, 6.45) is 1.03. The normalized spacial score (nSPS) is 17.9. The minimum atomic E-state index is -2.51. The van der Waals surface area contributed by atoms with Crippen LogP contribution in [0.3, 0.4) is 0 Å². The fraction of sp³-hybridized carbons (Fsp3) is 0.625. The van der Waals surface area contributed by atoms with Gasteiger partial charge in [-0.2, -0.15) is 0 Å². The van der Waals surface area contributed by atoms with Crippen LogP contribution in [0.5, 0.6) is 11.5 Å². The van der Waals surface area contributed by atoms with Gasteiger partial charge in [0.25, 0.3) is 5.69 Å². The van der Waals surface area contributed by atoms with E-state index in [0.29, 0.717) is 42.2 Å². The van der Waals surface area contributed by atoms with Gasteiger partial charge in [-0.15, -0.1) is 0 Å². The Hall–Kier alpha value is -1.17. The summed E-state index contributed by atoms with van der Waals surface area (Å²) >= 11 is 5.59. The molecule has 0 N–H and O–H groups in total. The molecule has 0 amide bonds. The summed E-state index contributed by atoms with van der Waals surface area (Å²) in [7, 11) is 0. The minimum Gasteiger partial charge on any atom is -0.483 e. The van der Waals surface area contributed by atoms with Crippen LogP contribution in [0.25, 0.3) is 0 Å².